The fraction of sp³-hybridized carbons (Fsp3) is 0.111. The van der Waals surface area contributed by atoms with Gasteiger partial charge in [0.15, 0.2) is 5.69 Å². The van der Waals surface area contributed by atoms with Crippen molar-refractivity contribution < 1.29 is 4.79 Å². The van der Waals surface area contributed by atoms with Crippen molar-refractivity contribution in [2.75, 3.05) is 0 Å². The van der Waals surface area contributed by atoms with Crippen molar-refractivity contribution in [3.63, 3.8) is 0 Å². The van der Waals surface area contributed by atoms with Gasteiger partial charge in [0, 0.05) is 31.4 Å². The van der Waals surface area contributed by atoms with Crippen LogP contribution in [-0.4, -0.2) is 25.5 Å². The second-order valence-corrected chi connectivity index (χ2v) is 8.06. The van der Waals surface area contributed by atoms with Crippen molar-refractivity contribution in [1.82, 2.24) is 24.9 Å². The third-order valence-electron chi connectivity index (χ3n) is 5.80. The van der Waals surface area contributed by atoms with Gasteiger partial charge >= 0.3 is 0 Å². The standard InChI is InChI=1S/C27H23N5O2/c1-31-27(34)24-10-5-4-9-23(24)25(30-31)26(33)28-17-21-7-2-3-8-22(21)20-13-11-19(12-14-20)18-32-16-6-15-29-32/h2-16H,17-18H2,1H3,(H,28,33). The van der Waals surface area contributed by atoms with Crippen molar-refractivity contribution in [1.29, 1.82) is 0 Å². The normalized spacial score (nSPS) is 11.0. The summed E-state index contributed by atoms with van der Waals surface area (Å²) >= 11 is 0. The molecular weight excluding hydrogens is 426 g/mol. The molecule has 7 heteroatoms. The molecule has 0 fully saturated rings. The molecule has 0 spiro atoms. The molecule has 0 radical (unpaired) electrons. The SMILES string of the molecule is Cn1nc(C(=O)NCc2ccccc2-c2ccc(Cn3cccn3)cc2)c2ccccc2c1=O. The maximum Gasteiger partial charge on any atom is 0.274 e. The smallest absolute Gasteiger partial charge is 0.274 e. The van der Waals surface area contributed by atoms with Gasteiger partial charge in [0.2, 0.25) is 0 Å². The van der Waals surface area contributed by atoms with Gasteiger partial charge in [0.05, 0.1) is 11.9 Å². The van der Waals surface area contributed by atoms with Gasteiger partial charge in [-0.05, 0) is 34.4 Å². The van der Waals surface area contributed by atoms with Gasteiger partial charge in [-0.3, -0.25) is 14.3 Å². The molecule has 0 aliphatic heterocycles. The molecule has 5 rings (SSSR count). The van der Waals surface area contributed by atoms with Crippen molar-refractivity contribution in [3.05, 3.63) is 118 Å². The van der Waals surface area contributed by atoms with Gasteiger partial charge in [0.25, 0.3) is 11.5 Å². The number of nitrogens with zero attached hydrogens (tertiary/aromatic N) is 4. The van der Waals surface area contributed by atoms with E-state index in [9.17, 15) is 9.59 Å². The molecule has 34 heavy (non-hydrogen) atoms. The van der Waals surface area contributed by atoms with E-state index >= 15 is 0 Å². The summed E-state index contributed by atoms with van der Waals surface area (Å²) in [5, 5.41) is 12.5. The summed E-state index contributed by atoms with van der Waals surface area (Å²) in [7, 11) is 1.55. The van der Waals surface area contributed by atoms with E-state index in [1.165, 1.54) is 4.68 Å². The first-order chi connectivity index (χ1) is 16.6. The van der Waals surface area contributed by atoms with Crippen LogP contribution in [0.3, 0.4) is 0 Å². The van der Waals surface area contributed by atoms with E-state index in [-0.39, 0.29) is 17.2 Å². The van der Waals surface area contributed by atoms with Crippen LogP contribution in [0.5, 0.6) is 0 Å². The highest BCUT2D eigenvalue weighted by molar-refractivity contribution is 6.04. The molecule has 3 aromatic carbocycles. The maximum absolute atomic E-state index is 13.0. The lowest BCUT2D eigenvalue weighted by Crippen LogP contribution is -2.29. The van der Waals surface area contributed by atoms with Crippen LogP contribution in [0.15, 0.2) is 96.1 Å². The minimum atomic E-state index is -0.323. The van der Waals surface area contributed by atoms with E-state index in [0.29, 0.717) is 23.9 Å². The molecule has 5 aromatic rings. The summed E-state index contributed by atoms with van der Waals surface area (Å²) in [4.78, 5) is 25.4. The molecule has 2 heterocycles. The Labute approximate surface area is 196 Å². The second-order valence-electron chi connectivity index (χ2n) is 8.06. The van der Waals surface area contributed by atoms with Crippen LogP contribution in [-0.2, 0) is 20.1 Å². The van der Waals surface area contributed by atoms with Crippen molar-refractivity contribution in [3.8, 4) is 11.1 Å². The van der Waals surface area contributed by atoms with E-state index in [1.807, 2.05) is 41.2 Å². The van der Waals surface area contributed by atoms with Gasteiger partial charge in [-0.1, -0.05) is 66.7 Å². The summed E-state index contributed by atoms with van der Waals surface area (Å²) in [6.07, 6.45) is 3.71. The molecule has 0 unspecified atom stereocenters. The molecule has 0 bridgehead atoms. The van der Waals surface area contributed by atoms with Gasteiger partial charge < -0.3 is 5.32 Å². The van der Waals surface area contributed by atoms with Crippen LogP contribution in [0.2, 0.25) is 0 Å². The molecule has 0 saturated heterocycles. The summed E-state index contributed by atoms with van der Waals surface area (Å²) in [5.41, 5.74) is 4.27. The van der Waals surface area contributed by atoms with Gasteiger partial charge in [-0.2, -0.15) is 10.2 Å². The van der Waals surface area contributed by atoms with Crippen LogP contribution < -0.4 is 10.9 Å². The predicted molar refractivity (Wildman–Crippen MR) is 131 cm³/mol. The third kappa shape index (κ3) is 4.23. The number of benzene rings is 3. The largest absolute Gasteiger partial charge is 0.347 e. The monoisotopic (exact) mass is 449 g/mol. The number of rotatable bonds is 6. The van der Waals surface area contributed by atoms with Gasteiger partial charge in [-0.25, -0.2) is 4.68 Å². The van der Waals surface area contributed by atoms with Crippen LogP contribution in [0.4, 0.5) is 0 Å². The average Bonchev–Trinajstić information content (AvgIpc) is 3.38. The zero-order valence-electron chi connectivity index (χ0n) is 18.7. The van der Waals surface area contributed by atoms with Crippen LogP contribution in [0.25, 0.3) is 21.9 Å². The highest BCUT2D eigenvalue weighted by Gasteiger charge is 2.16. The van der Waals surface area contributed by atoms with Crippen LogP contribution in [0, 0.1) is 0 Å². The van der Waals surface area contributed by atoms with E-state index in [0.717, 1.165) is 22.3 Å². The minimum Gasteiger partial charge on any atom is -0.347 e. The second kappa shape index (κ2) is 9.15. The predicted octanol–water partition coefficient (Wildman–Crippen LogP) is 3.78. The Morgan fingerprint density at radius 3 is 2.41 bits per heavy atom. The lowest BCUT2D eigenvalue weighted by molar-refractivity contribution is 0.0945. The number of carbonyl (C=O) groups is 1. The molecule has 7 nitrogen and oxygen atoms in total. The highest BCUT2D eigenvalue weighted by Crippen LogP contribution is 2.24. The first kappa shape index (κ1) is 21.3. The topological polar surface area (TPSA) is 81.8 Å². The quantitative estimate of drug-likeness (QED) is 0.428. The molecular formula is C27H23N5O2. The Morgan fingerprint density at radius 2 is 1.65 bits per heavy atom. The lowest BCUT2D eigenvalue weighted by atomic mass is 9.98. The molecule has 2 aromatic heterocycles. The Bertz CT molecular complexity index is 1520. The Morgan fingerprint density at radius 1 is 0.912 bits per heavy atom. The highest BCUT2D eigenvalue weighted by atomic mass is 16.2. The van der Waals surface area contributed by atoms with Crippen molar-refractivity contribution >= 4 is 16.7 Å². The first-order valence-electron chi connectivity index (χ1n) is 11.0. The number of fused-ring (bicyclic) bond motifs is 1. The van der Waals surface area contributed by atoms with Gasteiger partial charge in [-0.15, -0.1) is 0 Å². The summed E-state index contributed by atoms with van der Waals surface area (Å²) < 4.78 is 3.09. The molecule has 1 amide bonds. The molecule has 168 valence electrons. The lowest BCUT2D eigenvalue weighted by Gasteiger charge is -2.13. The summed E-state index contributed by atoms with van der Waals surface area (Å²) in [6.45, 7) is 1.05. The number of nitrogens with one attached hydrogen (secondary N) is 1. The van der Waals surface area contributed by atoms with E-state index in [4.69, 9.17) is 0 Å². The van der Waals surface area contributed by atoms with Gasteiger partial charge in [0.1, 0.15) is 0 Å². The molecule has 0 atom stereocenters. The number of aromatic nitrogens is 4. The number of amides is 1. The van der Waals surface area contributed by atoms with Crippen LogP contribution >= 0.6 is 0 Å². The Kier molecular flexibility index (Phi) is 5.74. The maximum atomic E-state index is 13.0. The number of hydrogen-bond acceptors (Lipinski definition) is 4. The third-order valence-corrected chi connectivity index (χ3v) is 5.80. The van der Waals surface area contributed by atoms with Crippen LogP contribution in [0.1, 0.15) is 21.6 Å². The molecule has 0 saturated carbocycles. The molecule has 1 N–H and O–H groups in total. The summed E-state index contributed by atoms with van der Waals surface area (Å²) in [5.74, 6) is -0.323. The molecule has 0 aliphatic carbocycles. The number of aryl methyl sites for hydroxylation is 1. The number of carbonyl (C=O) groups excluding carboxylic acids is 1. The summed E-state index contributed by atoms with van der Waals surface area (Å²) in [6, 6.07) is 25.3. The average molecular weight is 450 g/mol. The number of hydrogen-bond donors (Lipinski definition) is 1. The van der Waals surface area contributed by atoms with E-state index in [2.05, 4.69) is 39.8 Å². The zero-order chi connectivity index (χ0) is 23.5. The van der Waals surface area contributed by atoms with Crippen molar-refractivity contribution in [2.45, 2.75) is 13.1 Å². The first-order valence-corrected chi connectivity index (χ1v) is 11.0. The van der Waals surface area contributed by atoms with E-state index < -0.39 is 0 Å². The fourth-order valence-corrected chi connectivity index (χ4v) is 4.05. The Balaban J connectivity index is 1.37. The minimum absolute atomic E-state index is 0.228. The Hall–Kier alpha value is -4.52. The zero-order valence-corrected chi connectivity index (χ0v) is 18.7. The molecule has 0 aliphatic rings. The fourth-order valence-electron chi connectivity index (χ4n) is 4.05. The van der Waals surface area contributed by atoms with E-state index in [1.54, 1.807) is 37.5 Å². The van der Waals surface area contributed by atoms with Crippen molar-refractivity contribution in [2.24, 2.45) is 7.05 Å².